The summed E-state index contributed by atoms with van der Waals surface area (Å²) >= 11 is 0. The van der Waals surface area contributed by atoms with Crippen LogP contribution in [0.2, 0.25) is 0 Å². The van der Waals surface area contributed by atoms with Crippen molar-refractivity contribution in [1.29, 1.82) is 0 Å². The van der Waals surface area contributed by atoms with E-state index in [0.717, 1.165) is 0 Å². The van der Waals surface area contributed by atoms with Gasteiger partial charge in [0.05, 0.1) is 25.4 Å². The Balaban J connectivity index is 3.56. The van der Waals surface area contributed by atoms with E-state index in [1.165, 1.54) is 0 Å². The minimum absolute atomic E-state index is 0.226. The summed E-state index contributed by atoms with van der Waals surface area (Å²) in [5, 5.41) is 0. The molecule has 0 rings (SSSR count). The summed E-state index contributed by atoms with van der Waals surface area (Å²) in [5.74, 6) is -0.366. The molecular weight excluding hydrogens is 238 g/mol. The normalized spacial score (nSPS) is 13.4. The molecule has 0 bridgehead atoms. The summed E-state index contributed by atoms with van der Waals surface area (Å²) in [7, 11) is 1.60. The number of ether oxygens (including phenoxy) is 3. The molecule has 0 radical (unpaired) electrons. The molecule has 0 saturated carbocycles. The van der Waals surface area contributed by atoms with Crippen LogP contribution in [0, 0.1) is 0 Å². The largest absolute Gasteiger partial charge is 0.462 e. The highest BCUT2D eigenvalue weighted by Crippen LogP contribution is 2.04. The third-order valence-electron chi connectivity index (χ3n) is 1.80. The standard InChI is InChI=1S/C12H25NO5/c1-10(13-18-12(2,3)4)11(14)17-9-8-16-7-6-15-5/h10,13H,6-9H2,1-5H3/t10-/m0/s1. The third-order valence-corrected chi connectivity index (χ3v) is 1.80. The Kier molecular flexibility index (Phi) is 8.91. The molecule has 0 heterocycles. The number of esters is 1. The van der Waals surface area contributed by atoms with E-state index in [2.05, 4.69) is 5.48 Å². The Hall–Kier alpha value is -0.690. The zero-order valence-electron chi connectivity index (χ0n) is 11.9. The number of carbonyl (C=O) groups excluding carboxylic acids is 1. The minimum Gasteiger partial charge on any atom is -0.462 e. The molecule has 6 nitrogen and oxygen atoms in total. The summed E-state index contributed by atoms with van der Waals surface area (Å²) in [5.41, 5.74) is 2.30. The van der Waals surface area contributed by atoms with Gasteiger partial charge in [-0.1, -0.05) is 0 Å². The molecule has 1 N–H and O–H groups in total. The number of rotatable bonds is 9. The van der Waals surface area contributed by atoms with Gasteiger partial charge in [-0.25, -0.2) is 0 Å². The SMILES string of the molecule is COCCOCCOC(=O)[C@H](C)NOC(C)(C)C. The van der Waals surface area contributed by atoms with Crippen molar-refractivity contribution in [3.63, 3.8) is 0 Å². The predicted octanol–water partition coefficient (Wildman–Crippen LogP) is 0.901. The highest BCUT2D eigenvalue weighted by Gasteiger charge is 2.18. The summed E-state index contributed by atoms with van der Waals surface area (Å²) in [6.45, 7) is 8.97. The number of carbonyl (C=O) groups is 1. The van der Waals surface area contributed by atoms with Gasteiger partial charge in [0.25, 0.3) is 0 Å². The van der Waals surface area contributed by atoms with Gasteiger partial charge >= 0.3 is 5.97 Å². The van der Waals surface area contributed by atoms with E-state index >= 15 is 0 Å². The zero-order chi connectivity index (χ0) is 14.0. The summed E-state index contributed by atoms with van der Waals surface area (Å²) in [6.07, 6.45) is 0. The van der Waals surface area contributed by atoms with Crippen molar-refractivity contribution in [1.82, 2.24) is 5.48 Å². The number of hydrogen-bond acceptors (Lipinski definition) is 6. The fourth-order valence-electron chi connectivity index (χ4n) is 0.884. The first kappa shape index (κ1) is 17.3. The second-order valence-corrected chi connectivity index (χ2v) is 4.83. The molecule has 18 heavy (non-hydrogen) atoms. The maximum absolute atomic E-state index is 11.5. The molecule has 0 spiro atoms. The molecule has 1 atom stereocenters. The fourth-order valence-corrected chi connectivity index (χ4v) is 0.884. The first-order valence-electron chi connectivity index (χ1n) is 6.03. The Labute approximate surface area is 109 Å². The lowest BCUT2D eigenvalue weighted by Gasteiger charge is -2.22. The lowest BCUT2D eigenvalue weighted by molar-refractivity contribution is -0.156. The molecule has 0 fully saturated rings. The average molecular weight is 263 g/mol. The molecular formula is C12H25NO5. The highest BCUT2D eigenvalue weighted by atomic mass is 16.7. The van der Waals surface area contributed by atoms with Crippen LogP contribution in [0.5, 0.6) is 0 Å². The van der Waals surface area contributed by atoms with Crippen LogP contribution in [0.4, 0.5) is 0 Å². The number of hydroxylamine groups is 1. The van der Waals surface area contributed by atoms with Gasteiger partial charge in [-0.15, -0.1) is 0 Å². The molecule has 0 aromatic rings. The second kappa shape index (κ2) is 9.27. The van der Waals surface area contributed by atoms with Gasteiger partial charge in [0.1, 0.15) is 12.6 Å². The van der Waals surface area contributed by atoms with Gasteiger partial charge < -0.3 is 14.2 Å². The fraction of sp³-hybridized carbons (Fsp3) is 0.917. The van der Waals surface area contributed by atoms with E-state index in [4.69, 9.17) is 19.0 Å². The molecule has 0 aliphatic rings. The van der Waals surface area contributed by atoms with E-state index in [0.29, 0.717) is 19.8 Å². The molecule has 0 saturated heterocycles. The van der Waals surface area contributed by atoms with Gasteiger partial charge in [-0.05, 0) is 27.7 Å². The first-order chi connectivity index (χ1) is 8.37. The van der Waals surface area contributed by atoms with Crippen LogP contribution in [0.15, 0.2) is 0 Å². The molecule has 0 aliphatic carbocycles. The number of nitrogens with one attached hydrogen (secondary N) is 1. The third kappa shape index (κ3) is 10.5. The Bertz CT molecular complexity index is 227. The quantitative estimate of drug-likeness (QED) is 0.379. The van der Waals surface area contributed by atoms with Crippen LogP contribution in [-0.2, 0) is 23.8 Å². The van der Waals surface area contributed by atoms with Gasteiger partial charge in [0.15, 0.2) is 0 Å². The summed E-state index contributed by atoms with van der Waals surface area (Å²) < 4.78 is 15.0. The maximum atomic E-state index is 11.5. The van der Waals surface area contributed by atoms with Gasteiger partial charge in [0.2, 0.25) is 0 Å². The smallest absolute Gasteiger partial charge is 0.325 e. The molecule has 0 aromatic heterocycles. The van der Waals surface area contributed by atoms with Crippen LogP contribution in [0.3, 0.4) is 0 Å². The topological polar surface area (TPSA) is 66.0 Å². The zero-order valence-corrected chi connectivity index (χ0v) is 11.9. The minimum atomic E-state index is -0.511. The Morgan fingerprint density at radius 2 is 1.78 bits per heavy atom. The van der Waals surface area contributed by atoms with Crippen molar-refractivity contribution in [2.24, 2.45) is 0 Å². The van der Waals surface area contributed by atoms with Crippen LogP contribution in [0.25, 0.3) is 0 Å². The van der Waals surface area contributed by atoms with Gasteiger partial charge in [-0.2, -0.15) is 5.48 Å². The van der Waals surface area contributed by atoms with Crippen molar-refractivity contribution in [3.8, 4) is 0 Å². The van der Waals surface area contributed by atoms with Crippen LogP contribution in [-0.4, -0.2) is 51.1 Å². The predicted molar refractivity (Wildman–Crippen MR) is 67.1 cm³/mol. The van der Waals surface area contributed by atoms with Crippen LogP contribution in [0.1, 0.15) is 27.7 Å². The van der Waals surface area contributed by atoms with E-state index in [1.807, 2.05) is 20.8 Å². The van der Waals surface area contributed by atoms with Crippen molar-refractivity contribution in [2.75, 3.05) is 33.5 Å². The van der Waals surface area contributed by atoms with Crippen molar-refractivity contribution in [2.45, 2.75) is 39.3 Å². The van der Waals surface area contributed by atoms with Gasteiger partial charge in [0, 0.05) is 7.11 Å². The van der Waals surface area contributed by atoms with Crippen LogP contribution < -0.4 is 5.48 Å². The molecule has 6 heteroatoms. The molecule has 108 valence electrons. The molecule has 0 amide bonds. The maximum Gasteiger partial charge on any atom is 0.325 e. The Morgan fingerprint density at radius 1 is 1.17 bits per heavy atom. The van der Waals surface area contributed by atoms with Crippen molar-refractivity contribution in [3.05, 3.63) is 0 Å². The average Bonchev–Trinajstić information content (AvgIpc) is 2.29. The van der Waals surface area contributed by atoms with Crippen molar-refractivity contribution < 1.29 is 23.8 Å². The lowest BCUT2D eigenvalue weighted by Crippen LogP contribution is -2.40. The molecule has 0 unspecified atom stereocenters. The monoisotopic (exact) mass is 263 g/mol. The molecule has 0 aliphatic heterocycles. The summed E-state index contributed by atoms with van der Waals surface area (Å²) in [4.78, 5) is 16.8. The Morgan fingerprint density at radius 3 is 2.33 bits per heavy atom. The molecule has 0 aromatic carbocycles. The van der Waals surface area contributed by atoms with Crippen molar-refractivity contribution >= 4 is 5.97 Å². The first-order valence-corrected chi connectivity index (χ1v) is 6.03. The highest BCUT2D eigenvalue weighted by molar-refractivity contribution is 5.75. The van der Waals surface area contributed by atoms with E-state index in [1.54, 1.807) is 14.0 Å². The number of hydrogen-bond donors (Lipinski definition) is 1. The van der Waals surface area contributed by atoms with Gasteiger partial charge in [-0.3, -0.25) is 9.63 Å². The van der Waals surface area contributed by atoms with E-state index in [-0.39, 0.29) is 18.2 Å². The van der Waals surface area contributed by atoms with E-state index < -0.39 is 6.04 Å². The second-order valence-electron chi connectivity index (χ2n) is 4.83. The van der Waals surface area contributed by atoms with E-state index in [9.17, 15) is 4.79 Å². The van der Waals surface area contributed by atoms with Crippen LogP contribution >= 0.6 is 0 Å². The lowest BCUT2D eigenvalue weighted by atomic mass is 10.2. The number of methoxy groups -OCH3 is 1. The summed E-state index contributed by atoms with van der Waals surface area (Å²) in [6, 6.07) is -0.511.